The summed E-state index contributed by atoms with van der Waals surface area (Å²) >= 11 is 0. The second-order valence-corrected chi connectivity index (χ2v) is 4.45. The summed E-state index contributed by atoms with van der Waals surface area (Å²) < 4.78 is 8.56. The summed E-state index contributed by atoms with van der Waals surface area (Å²) in [6.07, 6.45) is 2.57. The lowest BCUT2D eigenvalue weighted by molar-refractivity contribution is -0.0234. The SMILES string of the molecule is CCc1cnc2c(n1)n(CC)c(=O)n2C1COC1. The fourth-order valence-corrected chi connectivity index (χ4v) is 2.23. The molecule has 0 spiro atoms. The van der Waals surface area contributed by atoms with E-state index in [9.17, 15) is 4.79 Å². The Balaban J connectivity index is 2.29. The van der Waals surface area contributed by atoms with Crippen LogP contribution in [0.2, 0.25) is 0 Å². The van der Waals surface area contributed by atoms with Crippen molar-refractivity contribution in [2.75, 3.05) is 13.2 Å². The molecule has 0 amide bonds. The maximum absolute atomic E-state index is 12.3. The molecule has 0 saturated carbocycles. The number of imidazole rings is 1. The van der Waals surface area contributed by atoms with Crippen LogP contribution in [0.5, 0.6) is 0 Å². The van der Waals surface area contributed by atoms with Crippen LogP contribution in [0.3, 0.4) is 0 Å². The largest absolute Gasteiger partial charge is 0.377 e. The molecule has 96 valence electrons. The van der Waals surface area contributed by atoms with Crippen molar-refractivity contribution in [2.45, 2.75) is 32.9 Å². The fraction of sp³-hybridized carbons (Fsp3) is 0.583. The minimum Gasteiger partial charge on any atom is -0.377 e. The van der Waals surface area contributed by atoms with Gasteiger partial charge in [-0.05, 0) is 13.3 Å². The highest BCUT2D eigenvalue weighted by Crippen LogP contribution is 2.20. The fourth-order valence-electron chi connectivity index (χ4n) is 2.23. The quantitative estimate of drug-likeness (QED) is 0.804. The highest BCUT2D eigenvalue weighted by atomic mass is 16.5. The topological polar surface area (TPSA) is 61.9 Å². The van der Waals surface area contributed by atoms with Crippen molar-refractivity contribution in [2.24, 2.45) is 0 Å². The zero-order chi connectivity index (χ0) is 12.7. The summed E-state index contributed by atoms with van der Waals surface area (Å²) in [5.74, 6) is 0. The number of hydrogen-bond donors (Lipinski definition) is 0. The lowest BCUT2D eigenvalue weighted by Gasteiger charge is -2.26. The molecule has 1 saturated heterocycles. The molecule has 0 bridgehead atoms. The van der Waals surface area contributed by atoms with Crippen LogP contribution in [0.1, 0.15) is 25.6 Å². The van der Waals surface area contributed by atoms with Crippen LogP contribution in [0, 0.1) is 0 Å². The lowest BCUT2D eigenvalue weighted by atomic mass is 10.2. The van der Waals surface area contributed by atoms with Gasteiger partial charge in [0.2, 0.25) is 0 Å². The van der Waals surface area contributed by atoms with Gasteiger partial charge in [-0.1, -0.05) is 6.92 Å². The second kappa shape index (κ2) is 4.20. The van der Waals surface area contributed by atoms with Gasteiger partial charge in [0.1, 0.15) is 0 Å². The van der Waals surface area contributed by atoms with Crippen LogP contribution in [-0.4, -0.2) is 32.3 Å². The lowest BCUT2D eigenvalue weighted by Crippen LogP contribution is -2.37. The molecule has 3 rings (SSSR count). The molecule has 0 atom stereocenters. The normalized spacial score (nSPS) is 16.1. The molecular formula is C12H16N4O2. The molecule has 1 fully saturated rings. The predicted molar refractivity (Wildman–Crippen MR) is 66.7 cm³/mol. The van der Waals surface area contributed by atoms with Gasteiger partial charge in [0.15, 0.2) is 11.3 Å². The van der Waals surface area contributed by atoms with Crippen molar-refractivity contribution in [3.8, 4) is 0 Å². The van der Waals surface area contributed by atoms with E-state index in [-0.39, 0.29) is 11.7 Å². The van der Waals surface area contributed by atoms with Gasteiger partial charge in [-0.25, -0.2) is 14.8 Å². The Hall–Kier alpha value is -1.69. The van der Waals surface area contributed by atoms with E-state index in [1.165, 1.54) is 0 Å². The molecule has 6 heteroatoms. The summed E-state index contributed by atoms with van der Waals surface area (Å²) in [5, 5.41) is 0. The monoisotopic (exact) mass is 248 g/mol. The third-order valence-electron chi connectivity index (χ3n) is 3.37. The Labute approximate surface area is 104 Å². The first kappa shape index (κ1) is 11.4. The summed E-state index contributed by atoms with van der Waals surface area (Å²) in [4.78, 5) is 21.3. The standard InChI is InChI=1S/C12H16N4O2/c1-3-8-5-13-10-11(14-8)15(4-2)12(17)16(10)9-6-18-7-9/h5,9H,3-4,6-7H2,1-2H3. The van der Waals surface area contributed by atoms with Gasteiger partial charge in [-0.3, -0.25) is 9.13 Å². The number of nitrogens with zero attached hydrogens (tertiary/aromatic N) is 4. The highest BCUT2D eigenvalue weighted by Gasteiger charge is 2.27. The van der Waals surface area contributed by atoms with E-state index in [1.807, 2.05) is 13.8 Å². The molecule has 1 aliphatic heterocycles. The van der Waals surface area contributed by atoms with E-state index < -0.39 is 0 Å². The average molecular weight is 248 g/mol. The molecule has 18 heavy (non-hydrogen) atoms. The maximum atomic E-state index is 12.3. The molecule has 0 aliphatic carbocycles. The highest BCUT2D eigenvalue weighted by molar-refractivity contribution is 5.66. The van der Waals surface area contributed by atoms with Crippen molar-refractivity contribution in [3.05, 3.63) is 22.4 Å². The van der Waals surface area contributed by atoms with Crippen molar-refractivity contribution in [1.29, 1.82) is 0 Å². The first-order valence-electron chi connectivity index (χ1n) is 6.30. The molecule has 6 nitrogen and oxygen atoms in total. The zero-order valence-electron chi connectivity index (χ0n) is 10.6. The van der Waals surface area contributed by atoms with Crippen molar-refractivity contribution < 1.29 is 4.74 Å². The Morgan fingerprint density at radius 3 is 2.72 bits per heavy atom. The van der Waals surface area contributed by atoms with Crippen LogP contribution in [0.4, 0.5) is 0 Å². The van der Waals surface area contributed by atoms with Gasteiger partial charge in [0.25, 0.3) is 0 Å². The van der Waals surface area contributed by atoms with E-state index in [2.05, 4.69) is 9.97 Å². The Morgan fingerprint density at radius 2 is 2.17 bits per heavy atom. The zero-order valence-corrected chi connectivity index (χ0v) is 10.6. The Kier molecular flexibility index (Phi) is 2.66. The van der Waals surface area contributed by atoms with Crippen LogP contribution in [0.25, 0.3) is 11.3 Å². The number of fused-ring (bicyclic) bond motifs is 1. The van der Waals surface area contributed by atoms with E-state index in [1.54, 1.807) is 15.3 Å². The summed E-state index contributed by atoms with van der Waals surface area (Å²) in [6, 6.07) is 0.106. The summed E-state index contributed by atoms with van der Waals surface area (Å²) in [7, 11) is 0. The first-order valence-corrected chi connectivity index (χ1v) is 6.30. The molecule has 2 aromatic rings. The Morgan fingerprint density at radius 1 is 1.39 bits per heavy atom. The average Bonchev–Trinajstić information content (AvgIpc) is 2.60. The third-order valence-corrected chi connectivity index (χ3v) is 3.37. The van der Waals surface area contributed by atoms with Gasteiger partial charge < -0.3 is 4.74 Å². The molecule has 1 aliphatic rings. The first-order chi connectivity index (χ1) is 8.76. The predicted octanol–water partition coefficient (Wildman–Crippen LogP) is 0.747. The van der Waals surface area contributed by atoms with Crippen molar-refractivity contribution in [1.82, 2.24) is 19.1 Å². The molecule has 2 aromatic heterocycles. The van der Waals surface area contributed by atoms with Crippen LogP contribution >= 0.6 is 0 Å². The van der Waals surface area contributed by atoms with Gasteiger partial charge in [0, 0.05) is 6.54 Å². The number of aryl methyl sites for hydroxylation is 2. The summed E-state index contributed by atoms with van der Waals surface area (Å²) in [6.45, 7) is 5.75. The van der Waals surface area contributed by atoms with Crippen molar-refractivity contribution >= 4 is 11.3 Å². The Bertz CT molecular complexity index is 639. The van der Waals surface area contributed by atoms with Crippen LogP contribution in [-0.2, 0) is 17.7 Å². The van der Waals surface area contributed by atoms with Gasteiger partial charge in [-0.15, -0.1) is 0 Å². The van der Waals surface area contributed by atoms with Crippen LogP contribution < -0.4 is 5.69 Å². The molecule has 0 aromatic carbocycles. The number of rotatable bonds is 3. The van der Waals surface area contributed by atoms with Crippen molar-refractivity contribution in [3.63, 3.8) is 0 Å². The molecule has 0 N–H and O–H groups in total. The number of hydrogen-bond acceptors (Lipinski definition) is 4. The molecular weight excluding hydrogens is 232 g/mol. The van der Waals surface area contributed by atoms with E-state index in [0.29, 0.717) is 31.1 Å². The van der Waals surface area contributed by atoms with Gasteiger partial charge >= 0.3 is 5.69 Å². The second-order valence-electron chi connectivity index (χ2n) is 4.45. The maximum Gasteiger partial charge on any atom is 0.331 e. The van der Waals surface area contributed by atoms with Crippen LogP contribution in [0.15, 0.2) is 11.0 Å². The number of aromatic nitrogens is 4. The van der Waals surface area contributed by atoms with Gasteiger partial charge in [-0.2, -0.15) is 0 Å². The van der Waals surface area contributed by atoms with Gasteiger partial charge in [0.05, 0.1) is 31.1 Å². The molecule has 0 unspecified atom stereocenters. The van der Waals surface area contributed by atoms with E-state index in [0.717, 1.165) is 12.1 Å². The minimum atomic E-state index is -0.0333. The molecule has 0 radical (unpaired) electrons. The molecule has 3 heterocycles. The summed E-state index contributed by atoms with van der Waals surface area (Å²) in [5.41, 5.74) is 2.24. The third kappa shape index (κ3) is 1.49. The smallest absolute Gasteiger partial charge is 0.331 e. The minimum absolute atomic E-state index is 0.0333. The number of ether oxygens (including phenoxy) is 1. The van der Waals surface area contributed by atoms with E-state index >= 15 is 0 Å². The van der Waals surface area contributed by atoms with E-state index in [4.69, 9.17) is 4.74 Å².